The first-order valence-corrected chi connectivity index (χ1v) is 7.07. The minimum absolute atomic E-state index is 0.302. The first-order valence-electron chi connectivity index (χ1n) is 7.07. The van der Waals surface area contributed by atoms with Crippen molar-refractivity contribution >= 4 is 11.7 Å². The largest absolute Gasteiger partial charge is 0.367 e. The van der Waals surface area contributed by atoms with E-state index in [1.807, 2.05) is 0 Å². The van der Waals surface area contributed by atoms with Crippen LogP contribution in [0, 0.1) is 23.2 Å². The van der Waals surface area contributed by atoms with E-state index in [-0.39, 0.29) is 0 Å². The molecule has 18 heavy (non-hydrogen) atoms. The van der Waals surface area contributed by atoms with Crippen LogP contribution in [-0.4, -0.2) is 23.2 Å². The van der Waals surface area contributed by atoms with E-state index in [1.165, 1.54) is 44.2 Å². The Kier molecular flexibility index (Phi) is 2.08. The van der Waals surface area contributed by atoms with Crippen LogP contribution < -0.4 is 11.6 Å². The van der Waals surface area contributed by atoms with E-state index in [9.17, 15) is 0 Å². The zero-order valence-electron chi connectivity index (χ0n) is 10.7. The fourth-order valence-corrected chi connectivity index (χ4v) is 5.18. The van der Waals surface area contributed by atoms with Crippen molar-refractivity contribution in [3.63, 3.8) is 0 Å². The summed E-state index contributed by atoms with van der Waals surface area (Å²) in [6.45, 7) is 0.668. The molecule has 5 rings (SSSR count). The molecule has 0 aromatic rings. The molecule has 1 heterocycles. The molecule has 1 aliphatic heterocycles. The third kappa shape index (κ3) is 1.43. The molecule has 0 saturated heterocycles. The van der Waals surface area contributed by atoms with Crippen LogP contribution in [0.3, 0.4) is 0 Å². The quantitative estimate of drug-likeness (QED) is 0.680. The van der Waals surface area contributed by atoms with Crippen LogP contribution in [0.1, 0.15) is 38.5 Å². The second-order valence-corrected chi connectivity index (χ2v) is 6.83. The van der Waals surface area contributed by atoms with Crippen LogP contribution in [0.15, 0.2) is 10.2 Å². The number of nitrogens with zero attached hydrogens (tertiary/aromatic N) is 3. The highest BCUT2D eigenvalue weighted by atomic mass is 15.5. The standard InChI is InChI=1S/C13H21N5/c14-12-17-16-11(7-18(12)15)13-4-8-1-9(5-13)3-10(2-8)6-13/h8-10H,1-7,15H2,(H2,14,17). The average Bonchev–Trinajstić information content (AvgIpc) is 2.31. The monoisotopic (exact) mass is 247 g/mol. The summed E-state index contributed by atoms with van der Waals surface area (Å²) >= 11 is 0. The van der Waals surface area contributed by atoms with Crippen LogP contribution >= 0.6 is 0 Å². The van der Waals surface area contributed by atoms with Crippen molar-refractivity contribution in [1.29, 1.82) is 0 Å². The van der Waals surface area contributed by atoms with E-state index < -0.39 is 0 Å². The van der Waals surface area contributed by atoms with Crippen molar-refractivity contribution in [3.8, 4) is 0 Å². The van der Waals surface area contributed by atoms with E-state index in [1.54, 1.807) is 5.01 Å². The summed E-state index contributed by atoms with van der Waals surface area (Å²) in [7, 11) is 0. The van der Waals surface area contributed by atoms with Gasteiger partial charge in [-0.2, -0.15) is 5.10 Å². The van der Waals surface area contributed by atoms with Crippen LogP contribution in [0.25, 0.3) is 0 Å². The zero-order chi connectivity index (χ0) is 12.3. The molecule has 5 nitrogen and oxygen atoms in total. The Bertz CT molecular complexity index is 403. The molecule has 5 aliphatic rings. The van der Waals surface area contributed by atoms with Crippen LogP contribution in [0.2, 0.25) is 0 Å². The summed E-state index contributed by atoms with van der Waals surface area (Å²) < 4.78 is 0. The van der Waals surface area contributed by atoms with Gasteiger partial charge in [0.25, 0.3) is 0 Å². The lowest BCUT2D eigenvalue weighted by molar-refractivity contribution is -0.0139. The van der Waals surface area contributed by atoms with Gasteiger partial charge in [0.2, 0.25) is 5.96 Å². The van der Waals surface area contributed by atoms with Gasteiger partial charge in [-0.25, -0.2) is 5.84 Å². The average molecular weight is 247 g/mol. The number of hydrogen-bond acceptors (Lipinski definition) is 5. The van der Waals surface area contributed by atoms with Crippen molar-refractivity contribution < 1.29 is 0 Å². The van der Waals surface area contributed by atoms with Crippen molar-refractivity contribution in [3.05, 3.63) is 0 Å². The van der Waals surface area contributed by atoms with Gasteiger partial charge in [0.1, 0.15) is 0 Å². The molecule has 0 spiro atoms. The molecule has 0 radical (unpaired) electrons. The van der Waals surface area contributed by atoms with Crippen molar-refractivity contribution in [2.45, 2.75) is 38.5 Å². The topological polar surface area (TPSA) is 80.0 Å². The third-order valence-corrected chi connectivity index (χ3v) is 5.54. The van der Waals surface area contributed by atoms with Gasteiger partial charge in [-0.05, 0) is 56.3 Å². The minimum Gasteiger partial charge on any atom is -0.367 e. The van der Waals surface area contributed by atoms with E-state index in [0.29, 0.717) is 17.9 Å². The maximum Gasteiger partial charge on any atom is 0.231 e. The number of rotatable bonds is 1. The first-order chi connectivity index (χ1) is 8.64. The Hall–Kier alpha value is -1.10. The maximum atomic E-state index is 5.88. The fraction of sp³-hybridized carbons (Fsp3) is 0.846. The van der Waals surface area contributed by atoms with E-state index >= 15 is 0 Å². The molecule has 0 aromatic heterocycles. The third-order valence-electron chi connectivity index (χ3n) is 5.54. The Morgan fingerprint density at radius 1 is 1.00 bits per heavy atom. The second-order valence-electron chi connectivity index (χ2n) is 6.83. The lowest BCUT2D eigenvalue weighted by atomic mass is 9.48. The Morgan fingerprint density at radius 2 is 1.56 bits per heavy atom. The van der Waals surface area contributed by atoms with Gasteiger partial charge >= 0.3 is 0 Å². The summed E-state index contributed by atoms with van der Waals surface area (Å²) in [5, 5.41) is 9.98. The molecule has 4 saturated carbocycles. The summed E-state index contributed by atoms with van der Waals surface area (Å²) in [6.07, 6.45) is 8.27. The van der Waals surface area contributed by atoms with E-state index in [4.69, 9.17) is 11.6 Å². The molecule has 0 aromatic carbocycles. The Balaban J connectivity index is 1.68. The number of hydrogen-bond donors (Lipinski definition) is 2. The Morgan fingerprint density at radius 3 is 2.06 bits per heavy atom. The lowest BCUT2D eigenvalue weighted by Crippen LogP contribution is -2.56. The molecule has 98 valence electrons. The van der Waals surface area contributed by atoms with Crippen molar-refractivity contribution in [1.82, 2.24) is 5.01 Å². The van der Waals surface area contributed by atoms with Gasteiger partial charge in [-0.15, -0.1) is 5.10 Å². The van der Waals surface area contributed by atoms with Gasteiger partial charge in [0, 0.05) is 5.41 Å². The van der Waals surface area contributed by atoms with Crippen molar-refractivity contribution in [2.75, 3.05) is 6.54 Å². The van der Waals surface area contributed by atoms with Crippen LogP contribution in [-0.2, 0) is 0 Å². The molecular formula is C13H21N5. The first kappa shape index (κ1) is 10.8. The molecule has 4 fully saturated rings. The van der Waals surface area contributed by atoms with Gasteiger partial charge in [0.05, 0.1) is 12.3 Å². The molecule has 4 bridgehead atoms. The highest BCUT2D eigenvalue weighted by molar-refractivity contribution is 5.97. The number of nitrogens with two attached hydrogens (primary N) is 2. The summed E-state index contributed by atoms with van der Waals surface area (Å²) in [6, 6.07) is 0. The number of hydrazine groups is 1. The highest BCUT2D eigenvalue weighted by Gasteiger charge is 2.53. The predicted octanol–water partition coefficient (Wildman–Crippen LogP) is 1.06. The molecule has 4 N–H and O–H groups in total. The van der Waals surface area contributed by atoms with E-state index in [0.717, 1.165) is 17.8 Å². The highest BCUT2D eigenvalue weighted by Crippen LogP contribution is 2.60. The Labute approximate surface area is 107 Å². The van der Waals surface area contributed by atoms with Gasteiger partial charge in [-0.3, -0.25) is 5.01 Å². The normalized spacial score (nSPS) is 46.1. The second kappa shape index (κ2) is 3.47. The molecule has 0 unspecified atom stereocenters. The van der Waals surface area contributed by atoms with Gasteiger partial charge < -0.3 is 5.73 Å². The summed E-state index contributed by atoms with van der Waals surface area (Å²) in [5.74, 6) is 8.99. The maximum absolute atomic E-state index is 5.88. The van der Waals surface area contributed by atoms with E-state index in [2.05, 4.69) is 10.2 Å². The molecule has 4 aliphatic carbocycles. The molecule has 0 atom stereocenters. The molecule has 5 heteroatoms. The fourth-order valence-electron chi connectivity index (χ4n) is 5.18. The van der Waals surface area contributed by atoms with Crippen LogP contribution in [0.5, 0.6) is 0 Å². The predicted molar refractivity (Wildman–Crippen MR) is 70.6 cm³/mol. The smallest absolute Gasteiger partial charge is 0.231 e. The van der Waals surface area contributed by atoms with Crippen molar-refractivity contribution in [2.24, 2.45) is 44.9 Å². The van der Waals surface area contributed by atoms with Gasteiger partial charge in [-0.1, -0.05) is 0 Å². The molecular weight excluding hydrogens is 226 g/mol. The zero-order valence-corrected chi connectivity index (χ0v) is 10.7. The van der Waals surface area contributed by atoms with Crippen LogP contribution in [0.4, 0.5) is 0 Å². The lowest BCUT2D eigenvalue weighted by Gasteiger charge is -2.57. The number of guanidine groups is 1. The van der Waals surface area contributed by atoms with Gasteiger partial charge in [0.15, 0.2) is 0 Å². The molecule has 0 amide bonds. The summed E-state index contributed by atoms with van der Waals surface area (Å²) in [5.41, 5.74) is 7.17. The summed E-state index contributed by atoms with van der Waals surface area (Å²) in [4.78, 5) is 0. The SMILES string of the molecule is NC1=NN=C(C23CC4CC(CC(C4)C2)C3)CN1N. The minimum atomic E-state index is 0.302.